The largest absolute Gasteiger partial charge is 0.423 e. The first-order valence-electron chi connectivity index (χ1n) is 5.09. The van der Waals surface area contributed by atoms with Crippen molar-refractivity contribution < 1.29 is 9.21 Å². The van der Waals surface area contributed by atoms with E-state index in [4.69, 9.17) is 15.9 Å². The number of para-hydroxylation sites is 1. The SMILES string of the molecule is NC(=O)NCCNc1nc2c(N)cccc2o1. The number of benzene rings is 1. The van der Waals surface area contributed by atoms with Crippen molar-refractivity contribution in [1.29, 1.82) is 0 Å². The van der Waals surface area contributed by atoms with Crippen LogP contribution >= 0.6 is 0 Å². The van der Waals surface area contributed by atoms with E-state index in [1.807, 2.05) is 0 Å². The zero-order valence-corrected chi connectivity index (χ0v) is 9.06. The van der Waals surface area contributed by atoms with Gasteiger partial charge in [-0.25, -0.2) is 4.79 Å². The smallest absolute Gasteiger partial charge is 0.312 e. The molecule has 0 spiro atoms. The summed E-state index contributed by atoms with van der Waals surface area (Å²) in [6.07, 6.45) is 0. The van der Waals surface area contributed by atoms with Gasteiger partial charge in [0, 0.05) is 13.1 Å². The first kappa shape index (κ1) is 11.1. The van der Waals surface area contributed by atoms with Crippen molar-refractivity contribution in [3.05, 3.63) is 18.2 Å². The van der Waals surface area contributed by atoms with Gasteiger partial charge in [-0.3, -0.25) is 0 Å². The van der Waals surface area contributed by atoms with E-state index in [2.05, 4.69) is 15.6 Å². The summed E-state index contributed by atoms with van der Waals surface area (Å²) in [4.78, 5) is 14.6. The lowest BCUT2D eigenvalue weighted by molar-refractivity contribution is 0.249. The molecule has 0 radical (unpaired) electrons. The van der Waals surface area contributed by atoms with Crippen molar-refractivity contribution in [2.45, 2.75) is 0 Å². The van der Waals surface area contributed by atoms with Crippen LogP contribution in [0.1, 0.15) is 0 Å². The molecule has 2 rings (SSSR count). The first-order chi connectivity index (χ1) is 8.16. The van der Waals surface area contributed by atoms with Crippen LogP contribution in [-0.2, 0) is 0 Å². The number of nitrogens with zero attached hydrogens (tertiary/aromatic N) is 1. The topological polar surface area (TPSA) is 119 Å². The highest BCUT2D eigenvalue weighted by Gasteiger charge is 2.06. The molecule has 0 atom stereocenters. The normalized spacial score (nSPS) is 10.4. The second-order valence-electron chi connectivity index (χ2n) is 3.43. The molecule has 0 aliphatic carbocycles. The van der Waals surface area contributed by atoms with Gasteiger partial charge in [0.1, 0.15) is 5.52 Å². The van der Waals surface area contributed by atoms with E-state index in [0.29, 0.717) is 35.9 Å². The van der Waals surface area contributed by atoms with E-state index in [1.54, 1.807) is 18.2 Å². The Morgan fingerprint density at radius 1 is 1.41 bits per heavy atom. The van der Waals surface area contributed by atoms with Crippen LogP contribution in [0.2, 0.25) is 0 Å². The summed E-state index contributed by atoms with van der Waals surface area (Å²) in [5, 5.41) is 5.36. The van der Waals surface area contributed by atoms with E-state index in [9.17, 15) is 4.79 Å². The quantitative estimate of drug-likeness (QED) is 0.454. The molecular weight excluding hydrogens is 222 g/mol. The Morgan fingerprint density at radius 2 is 2.24 bits per heavy atom. The van der Waals surface area contributed by atoms with Crippen LogP contribution in [0.4, 0.5) is 16.5 Å². The summed E-state index contributed by atoms with van der Waals surface area (Å²) in [5.41, 5.74) is 12.5. The summed E-state index contributed by atoms with van der Waals surface area (Å²) in [5.74, 6) is 0. The van der Waals surface area contributed by atoms with Gasteiger partial charge in [0.25, 0.3) is 6.01 Å². The molecule has 0 saturated heterocycles. The molecule has 90 valence electrons. The molecule has 1 aromatic heterocycles. The average molecular weight is 235 g/mol. The van der Waals surface area contributed by atoms with Crippen LogP contribution in [0.25, 0.3) is 11.1 Å². The van der Waals surface area contributed by atoms with Gasteiger partial charge in [0.2, 0.25) is 0 Å². The second kappa shape index (κ2) is 4.60. The molecule has 0 unspecified atom stereocenters. The Bertz CT molecular complexity index is 536. The minimum absolute atomic E-state index is 0.365. The number of hydrogen-bond acceptors (Lipinski definition) is 5. The molecule has 7 heteroatoms. The molecule has 6 N–H and O–H groups in total. The molecule has 7 nitrogen and oxygen atoms in total. The lowest BCUT2D eigenvalue weighted by Crippen LogP contribution is -2.33. The number of aromatic nitrogens is 1. The van der Waals surface area contributed by atoms with Crippen LogP contribution in [-0.4, -0.2) is 24.1 Å². The van der Waals surface area contributed by atoms with E-state index in [1.165, 1.54) is 0 Å². The van der Waals surface area contributed by atoms with Gasteiger partial charge >= 0.3 is 6.03 Å². The Hall–Kier alpha value is -2.44. The Labute approximate surface area is 97.2 Å². The van der Waals surface area contributed by atoms with Crippen molar-refractivity contribution >= 4 is 28.8 Å². The molecule has 0 fully saturated rings. The minimum atomic E-state index is -0.561. The van der Waals surface area contributed by atoms with E-state index >= 15 is 0 Å². The van der Waals surface area contributed by atoms with Gasteiger partial charge < -0.3 is 26.5 Å². The first-order valence-corrected chi connectivity index (χ1v) is 5.09. The molecule has 2 amide bonds. The highest BCUT2D eigenvalue weighted by molar-refractivity contribution is 5.86. The number of carbonyl (C=O) groups is 1. The highest BCUT2D eigenvalue weighted by Crippen LogP contribution is 2.23. The summed E-state index contributed by atoms with van der Waals surface area (Å²) < 4.78 is 5.41. The van der Waals surface area contributed by atoms with E-state index in [-0.39, 0.29) is 0 Å². The number of hydrogen-bond donors (Lipinski definition) is 4. The number of urea groups is 1. The van der Waals surface area contributed by atoms with Gasteiger partial charge in [0.15, 0.2) is 5.58 Å². The number of carbonyl (C=O) groups excluding carboxylic acids is 1. The minimum Gasteiger partial charge on any atom is -0.423 e. The number of anilines is 2. The Kier molecular flexibility index (Phi) is 2.99. The summed E-state index contributed by atoms with van der Waals surface area (Å²) >= 11 is 0. The van der Waals surface area contributed by atoms with Crippen molar-refractivity contribution in [2.75, 3.05) is 24.1 Å². The number of amides is 2. The second-order valence-corrected chi connectivity index (χ2v) is 3.43. The van der Waals surface area contributed by atoms with Gasteiger partial charge in [0.05, 0.1) is 5.69 Å². The fourth-order valence-corrected chi connectivity index (χ4v) is 1.40. The highest BCUT2D eigenvalue weighted by atomic mass is 16.4. The molecule has 0 aliphatic heterocycles. The number of nitrogen functional groups attached to an aromatic ring is 1. The molecule has 0 bridgehead atoms. The number of fused-ring (bicyclic) bond motifs is 1. The third-order valence-electron chi connectivity index (χ3n) is 2.15. The number of rotatable bonds is 4. The summed E-state index contributed by atoms with van der Waals surface area (Å²) in [6, 6.07) is 5.13. The zero-order valence-electron chi connectivity index (χ0n) is 9.06. The predicted molar refractivity (Wildman–Crippen MR) is 64.5 cm³/mol. The van der Waals surface area contributed by atoms with Gasteiger partial charge in [-0.2, -0.15) is 4.98 Å². The molecule has 2 aromatic rings. The lowest BCUT2D eigenvalue weighted by Gasteiger charge is -2.01. The number of nitrogens with two attached hydrogens (primary N) is 2. The maximum atomic E-state index is 10.4. The molecule has 1 heterocycles. The lowest BCUT2D eigenvalue weighted by atomic mass is 10.3. The van der Waals surface area contributed by atoms with Crippen molar-refractivity contribution in [3.8, 4) is 0 Å². The number of primary amides is 1. The van der Waals surface area contributed by atoms with Gasteiger partial charge in [-0.05, 0) is 12.1 Å². The molecule has 0 saturated carbocycles. The standard InChI is InChI=1S/C10H13N5O2/c11-6-2-1-3-7-8(6)15-10(17-7)14-5-4-13-9(12)16/h1-3H,4-5,11H2,(H,14,15)(H3,12,13,16). The van der Waals surface area contributed by atoms with E-state index in [0.717, 1.165) is 0 Å². The van der Waals surface area contributed by atoms with Crippen molar-refractivity contribution in [1.82, 2.24) is 10.3 Å². The maximum absolute atomic E-state index is 10.4. The monoisotopic (exact) mass is 235 g/mol. The van der Waals surface area contributed by atoms with Gasteiger partial charge in [-0.15, -0.1) is 0 Å². The molecule has 0 aliphatic rings. The number of oxazole rings is 1. The van der Waals surface area contributed by atoms with Crippen LogP contribution in [0, 0.1) is 0 Å². The summed E-state index contributed by atoms with van der Waals surface area (Å²) in [6.45, 7) is 0.860. The average Bonchev–Trinajstić information content (AvgIpc) is 2.69. The third-order valence-corrected chi connectivity index (χ3v) is 2.15. The predicted octanol–water partition coefficient (Wildman–Crippen LogP) is 0.490. The van der Waals surface area contributed by atoms with Crippen molar-refractivity contribution in [3.63, 3.8) is 0 Å². The van der Waals surface area contributed by atoms with Crippen LogP contribution in [0.15, 0.2) is 22.6 Å². The van der Waals surface area contributed by atoms with Crippen LogP contribution in [0.3, 0.4) is 0 Å². The fourth-order valence-electron chi connectivity index (χ4n) is 1.40. The van der Waals surface area contributed by atoms with Gasteiger partial charge in [-0.1, -0.05) is 6.07 Å². The maximum Gasteiger partial charge on any atom is 0.312 e. The third kappa shape index (κ3) is 2.57. The number of nitrogens with one attached hydrogen (secondary N) is 2. The molecule has 1 aromatic carbocycles. The fraction of sp³-hybridized carbons (Fsp3) is 0.200. The summed E-state index contributed by atoms with van der Waals surface area (Å²) in [7, 11) is 0. The Balaban J connectivity index is 2.00. The van der Waals surface area contributed by atoms with E-state index < -0.39 is 6.03 Å². The molecular formula is C10H13N5O2. The zero-order chi connectivity index (χ0) is 12.3. The van der Waals surface area contributed by atoms with Crippen molar-refractivity contribution in [2.24, 2.45) is 5.73 Å². The van der Waals surface area contributed by atoms with Crippen LogP contribution in [0.5, 0.6) is 0 Å². The molecule has 17 heavy (non-hydrogen) atoms. The van der Waals surface area contributed by atoms with Crippen LogP contribution < -0.4 is 22.1 Å². The Morgan fingerprint density at radius 3 is 2.94 bits per heavy atom.